The fourth-order valence-electron chi connectivity index (χ4n) is 3.20. The molecule has 0 aliphatic carbocycles. The molecule has 1 aliphatic rings. The molecule has 0 saturated carbocycles. The lowest BCUT2D eigenvalue weighted by Crippen LogP contribution is -2.53. The number of fused-ring (bicyclic) bond motifs is 1. The summed E-state index contributed by atoms with van der Waals surface area (Å²) in [6.07, 6.45) is 7.06. The monoisotopic (exact) mass is 353 g/mol. The fraction of sp³-hybridized carbons (Fsp3) is 0.421. The van der Waals surface area contributed by atoms with E-state index in [1.165, 1.54) is 0 Å². The second-order valence-electron chi connectivity index (χ2n) is 7.03. The quantitative estimate of drug-likeness (QED) is 0.701. The molecule has 3 aromatic heterocycles. The summed E-state index contributed by atoms with van der Waals surface area (Å²) in [5.74, 6) is 0.818. The van der Waals surface area contributed by atoms with Gasteiger partial charge in [-0.3, -0.25) is 9.30 Å². The molecule has 4 heterocycles. The van der Waals surface area contributed by atoms with Crippen LogP contribution in [0.3, 0.4) is 0 Å². The van der Waals surface area contributed by atoms with E-state index in [4.69, 9.17) is 9.47 Å². The van der Waals surface area contributed by atoms with Crippen LogP contribution in [0, 0.1) is 0 Å². The number of pyridine rings is 1. The van der Waals surface area contributed by atoms with Crippen LogP contribution < -0.4 is 4.74 Å². The number of ether oxygens (including phenoxy) is 2. The summed E-state index contributed by atoms with van der Waals surface area (Å²) in [7, 11) is 0. The van der Waals surface area contributed by atoms with E-state index in [0.29, 0.717) is 6.61 Å². The smallest absolute Gasteiger partial charge is 0.140 e. The first-order chi connectivity index (χ1) is 12.6. The summed E-state index contributed by atoms with van der Waals surface area (Å²) < 4.78 is 13.5. The van der Waals surface area contributed by atoms with Gasteiger partial charge in [0.15, 0.2) is 0 Å². The summed E-state index contributed by atoms with van der Waals surface area (Å²) in [5.41, 5.74) is 2.56. The molecule has 0 bridgehead atoms. The number of hydrogen-bond donors (Lipinski definition) is 0. The third kappa shape index (κ3) is 3.40. The third-order valence-corrected chi connectivity index (χ3v) is 4.79. The lowest BCUT2D eigenvalue weighted by Gasteiger charge is -2.40. The van der Waals surface area contributed by atoms with Gasteiger partial charge in [-0.05, 0) is 26.0 Å². The van der Waals surface area contributed by atoms with Gasteiger partial charge in [-0.25, -0.2) is 15.0 Å². The normalized spacial score (nSPS) is 16.1. The zero-order valence-corrected chi connectivity index (χ0v) is 15.1. The summed E-state index contributed by atoms with van der Waals surface area (Å²) >= 11 is 0. The second kappa shape index (κ2) is 7.01. The average molecular weight is 353 g/mol. The van der Waals surface area contributed by atoms with Crippen LogP contribution in [-0.2, 0) is 4.74 Å². The molecule has 0 unspecified atom stereocenters. The molecule has 26 heavy (non-hydrogen) atoms. The Morgan fingerprint density at radius 3 is 2.81 bits per heavy atom. The first kappa shape index (κ1) is 16.9. The van der Waals surface area contributed by atoms with Crippen LogP contribution in [0.15, 0.2) is 43.1 Å². The predicted molar refractivity (Wildman–Crippen MR) is 98.2 cm³/mol. The van der Waals surface area contributed by atoms with Crippen LogP contribution >= 0.6 is 0 Å². The van der Waals surface area contributed by atoms with Gasteiger partial charge in [0.1, 0.15) is 24.3 Å². The maximum Gasteiger partial charge on any atom is 0.140 e. The number of imidazole rings is 1. The van der Waals surface area contributed by atoms with Crippen molar-refractivity contribution in [1.29, 1.82) is 0 Å². The van der Waals surface area contributed by atoms with E-state index >= 15 is 0 Å². The van der Waals surface area contributed by atoms with Crippen molar-refractivity contribution in [3.63, 3.8) is 0 Å². The highest BCUT2D eigenvalue weighted by molar-refractivity contribution is 5.60. The minimum absolute atomic E-state index is 0.0442. The van der Waals surface area contributed by atoms with Gasteiger partial charge in [-0.2, -0.15) is 0 Å². The lowest BCUT2D eigenvalue weighted by molar-refractivity contribution is -0.0250. The van der Waals surface area contributed by atoms with E-state index in [2.05, 4.69) is 33.7 Å². The van der Waals surface area contributed by atoms with Gasteiger partial charge in [-0.15, -0.1) is 0 Å². The van der Waals surface area contributed by atoms with Crippen LogP contribution in [0.5, 0.6) is 5.75 Å². The Hall–Kier alpha value is -2.51. The molecule has 0 N–H and O–H groups in total. The maximum atomic E-state index is 6.09. The Bertz CT molecular complexity index is 872. The second-order valence-corrected chi connectivity index (χ2v) is 7.03. The first-order valence-electron chi connectivity index (χ1n) is 8.83. The minimum Gasteiger partial charge on any atom is -0.491 e. The molecule has 0 aromatic carbocycles. The van der Waals surface area contributed by atoms with Gasteiger partial charge >= 0.3 is 0 Å². The molecule has 0 radical (unpaired) electrons. The van der Waals surface area contributed by atoms with Gasteiger partial charge < -0.3 is 9.47 Å². The predicted octanol–water partition coefficient (Wildman–Crippen LogP) is 2.28. The molecule has 1 aliphatic heterocycles. The van der Waals surface area contributed by atoms with Gasteiger partial charge in [0, 0.05) is 37.1 Å². The SMILES string of the molecule is CC(C)(COc1ccn2c(-c3ccncn3)cnc2c1)N1CCOCC1. The van der Waals surface area contributed by atoms with Crippen LogP contribution in [-0.4, -0.2) is 62.7 Å². The molecule has 3 aromatic rings. The van der Waals surface area contributed by atoms with Crippen molar-refractivity contribution in [2.45, 2.75) is 19.4 Å². The van der Waals surface area contributed by atoms with Crippen LogP contribution in [0.4, 0.5) is 0 Å². The summed E-state index contributed by atoms with van der Waals surface area (Å²) in [5, 5.41) is 0. The molecule has 0 amide bonds. The van der Waals surface area contributed by atoms with Crippen molar-refractivity contribution >= 4 is 5.65 Å². The zero-order valence-electron chi connectivity index (χ0n) is 15.1. The van der Waals surface area contributed by atoms with E-state index in [1.807, 2.05) is 35.0 Å². The Morgan fingerprint density at radius 1 is 1.19 bits per heavy atom. The summed E-state index contributed by atoms with van der Waals surface area (Å²) in [4.78, 5) is 15.2. The Morgan fingerprint density at radius 2 is 2.04 bits per heavy atom. The van der Waals surface area contributed by atoms with Gasteiger partial charge in [0.05, 0.1) is 30.8 Å². The van der Waals surface area contributed by atoms with E-state index < -0.39 is 0 Å². The highest BCUT2D eigenvalue weighted by Gasteiger charge is 2.29. The molecule has 0 atom stereocenters. The highest BCUT2D eigenvalue weighted by Crippen LogP contribution is 2.23. The van der Waals surface area contributed by atoms with Crippen molar-refractivity contribution in [2.24, 2.45) is 0 Å². The number of rotatable bonds is 5. The van der Waals surface area contributed by atoms with Crippen molar-refractivity contribution in [3.8, 4) is 17.1 Å². The largest absolute Gasteiger partial charge is 0.491 e. The topological polar surface area (TPSA) is 64.8 Å². The van der Waals surface area contributed by atoms with Gasteiger partial charge in [0.2, 0.25) is 0 Å². The standard InChI is InChI=1S/C19H23N5O2/c1-19(2,23-7-9-25-10-8-23)13-26-15-4-6-24-17(12-21-18(24)11-15)16-3-5-20-14-22-16/h3-6,11-12,14H,7-10,13H2,1-2H3. The zero-order chi connectivity index (χ0) is 18.0. The Labute approximate surface area is 152 Å². The molecular formula is C19H23N5O2. The van der Waals surface area contributed by atoms with E-state index in [1.54, 1.807) is 12.5 Å². The van der Waals surface area contributed by atoms with Crippen molar-refractivity contribution in [2.75, 3.05) is 32.9 Å². The van der Waals surface area contributed by atoms with Crippen LogP contribution in [0.25, 0.3) is 17.0 Å². The minimum atomic E-state index is -0.0442. The molecule has 7 nitrogen and oxygen atoms in total. The summed E-state index contributed by atoms with van der Waals surface area (Å²) in [6, 6.07) is 5.80. The summed E-state index contributed by atoms with van der Waals surface area (Å²) in [6.45, 7) is 8.49. The van der Waals surface area contributed by atoms with Crippen molar-refractivity contribution in [1.82, 2.24) is 24.3 Å². The Balaban J connectivity index is 1.50. The number of morpholine rings is 1. The molecule has 7 heteroatoms. The lowest BCUT2D eigenvalue weighted by atomic mass is 10.0. The third-order valence-electron chi connectivity index (χ3n) is 4.79. The van der Waals surface area contributed by atoms with Crippen molar-refractivity contribution in [3.05, 3.63) is 43.1 Å². The highest BCUT2D eigenvalue weighted by atomic mass is 16.5. The van der Waals surface area contributed by atoms with Crippen LogP contribution in [0.1, 0.15) is 13.8 Å². The number of nitrogens with zero attached hydrogens (tertiary/aromatic N) is 5. The van der Waals surface area contributed by atoms with E-state index in [0.717, 1.165) is 49.1 Å². The number of hydrogen-bond acceptors (Lipinski definition) is 6. The van der Waals surface area contributed by atoms with E-state index in [9.17, 15) is 0 Å². The van der Waals surface area contributed by atoms with Crippen LogP contribution in [0.2, 0.25) is 0 Å². The molecule has 136 valence electrons. The Kier molecular flexibility index (Phi) is 4.57. The van der Waals surface area contributed by atoms with Crippen molar-refractivity contribution < 1.29 is 9.47 Å². The number of aromatic nitrogens is 4. The molecule has 0 spiro atoms. The molecular weight excluding hydrogens is 330 g/mol. The van der Waals surface area contributed by atoms with E-state index in [-0.39, 0.29) is 5.54 Å². The van der Waals surface area contributed by atoms with Gasteiger partial charge in [-0.1, -0.05) is 0 Å². The average Bonchev–Trinajstić information content (AvgIpc) is 3.11. The molecule has 1 saturated heterocycles. The fourth-order valence-corrected chi connectivity index (χ4v) is 3.20. The maximum absolute atomic E-state index is 6.09. The molecule has 1 fully saturated rings. The van der Waals surface area contributed by atoms with Gasteiger partial charge in [0.25, 0.3) is 0 Å². The molecule has 4 rings (SSSR count). The first-order valence-corrected chi connectivity index (χ1v) is 8.83.